The van der Waals surface area contributed by atoms with E-state index in [1.54, 1.807) is 24.3 Å². The highest BCUT2D eigenvalue weighted by Gasteiger charge is 2.12. The van der Waals surface area contributed by atoms with Gasteiger partial charge in [0.25, 0.3) is 5.22 Å². The molecule has 25 heavy (non-hydrogen) atoms. The Hall–Kier alpha value is -2.60. The lowest BCUT2D eigenvalue weighted by molar-refractivity contribution is 0.102. The Balaban J connectivity index is 1.54. The Morgan fingerprint density at radius 2 is 1.84 bits per heavy atom. The lowest BCUT2D eigenvalue weighted by atomic mass is 10.1. The van der Waals surface area contributed by atoms with Crippen LogP contribution < -0.4 is 4.74 Å². The van der Waals surface area contributed by atoms with Crippen LogP contribution in [0, 0.1) is 0 Å². The summed E-state index contributed by atoms with van der Waals surface area (Å²) < 4.78 is 11.0. The second kappa shape index (κ2) is 8.48. The average Bonchev–Trinajstić information content (AvgIpc) is 3.09. The zero-order chi connectivity index (χ0) is 17.5. The van der Waals surface area contributed by atoms with Gasteiger partial charge in [0.1, 0.15) is 5.75 Å². The Morgan fingerprint density at radius 3 is 2.56 bits per heavy atom. The third-order valence-corrected chi connectivity index (χ3v) is 4.28. The van der Waals surface area contributed by atoms with E-state index in [1.165, 1.54) is 11.8 Å². The first kappa shape index (κ1) is 17.2. The quantitative estimate of drug-likeness (QED) is 0.449. The number of rotatable bonds is 8. The van der Waals surface area contributed by atoms with Crippen LogP contribution in [-0.4, -0.2) is 28.3 Å². The van der Waals surface area contributed by atoms with Gasteiger partial charge in [-0.2, -0.15) is 0 Å². The number of hydrogen-bond donors (Lipinski definition) is 0. The summed E-state index contributed by atoms with van der Waals surface area (Å²) in [4.78, 5) is 12.2. The van der Waals surface area contributed by atoms with Crippen LogP contribution in [0.2, 0.25) is 0 Å². The van der Waals surface area contributed by atoms with Crippen LogP contribution in [-0.2, 0) is 6.42 Å². The van der Waals surface area contributed by atoms with Crippen LogP contribution in [0.15, 0.2) is 64.2 Å². The van der Waals surface area contributed by atoms with Crippen LogP contribution in [0.3, 0.4) is 0 Å². The minimum absolute atomic E-state index is 0.0101. The molecule has 2 aromatic carbocycles. The molecule has 0 fully saturated rings. The molecule has 5 nitrogen and oxygen atoms in total. The fraction of sp³-hybridized carbons (Fsp3) is 0.211. The van der Waals surface area contributed by atoms with E-state index in [0.29, 0.717) is 29.7 Å². The molecule has 128 valence electrons. The number of Topliss-reactive ketones (excluding diaryl/α,β-unsaturated/α-hetero) is 1. The van der Waals surface area contributed by atoms with Gasteiger partial charge in [0.15, 0.2) is 5.78 Å². The minimum atomic E-state index is 0.0101. The zero-order valence-electron chi connectivity index (χ0n) is 13.8. The van der Waals surface area contributed by atoms with E-state index in [0.717, 1.165) is 11.3 Å². The van der Waals surface area contributed by atoms with Crippen molar-refractivity contribution in [1.82, 2.24) is 10.2 Å². The summed E-state index contributed by atoms with van der Waals surface area (Å²) in [6.45, 7) is 2.53. The lowest BCUT2D eigenvalue weighted by Crippen LogP contribution is -2.02. The fourth-order valence-corrected chi connectivity index (χ4v) is 2.93. The molecule has 0 aliphatic rings. The summed E-state index contributed by atoms with van der Waals surface area (Å²) in [5.74, 6) is 1.56. The first-order valence-corrected chi connectivity index (χ1v) is 8.98. The van der Waals surface area contributed by atoms with E-state index in [9.17, 15) is 4.79 Å². The summed E-state index contributed by atoms with van der Waals surface area (Å²) in [7, 11) is 0. The highest BCUT2D eigenvalue weighted by molar-refractivity contribution is 7.99. The molecule has 0 amide bonds. The number of nitrogens with zero attached hydrogens (tertiary/aromatic N) is 2. The number of carbonyl (C=O) groups excluding carboxylic acids is 1. The van der Waals surface area contributed by atoms with Crippen molar-refractivity contribution in [2.75, 3.05) is 12.4 Å². The number of thioether (sulfide) groups is 1. The molecule has 0 aliphatic heterocycles. The SMILES string of the molecule is CCOc1ccc(C(=O)CSc2nnc(Cc3ccccc3)o2)cc1. The first-order valence-electron chi connectivity index (χ1n) is 8.00. The second-order valence-electron chi connectivity index (χ2n) is 5.29. The first-order chi connectivity index (χ1) is 12.2. The number of hydrogen-bond acceptors (Lipinski definition) is 6. The smallest absolute Gasteiger partial charge is 0.277 e. The second-order valence-corrected chi connectivity index (χ2v) is 6.22. The topological polar surface area (TPSA) is 65.2 Å². The standard InChI is InChI=1S/C19H18N2O3S/c1-2-23-16-10-8-15(9-11-16)17(22)13-25-19-21-20-18(24-19)12-14-6-4-3-5-7-14/h3-11H,2,12-13H2,1H3. The van der Waals surface area contributed by atoms with Crippen molar-refractivity contribution in [2.45, 2.75) is 18.6 Å². The van der Waals surface area contributed by atoms with Gasteiger partial charge in [-0.05, 0) is 36.8 Å². The van der Waals surface area contributed by atoms with Gasteiger partial charge in [-0.25, -0.2) is 0 Å². The van der Waals surface area contributed by atoms with Gasteiger partial charge in [0.05, 0.1) is 18.8 Å². The average molecular weight is 354 g/mol. The van der Waals surface area contributed by atoms with Gasteiger partial charge in [-0.1, -0.05) is 42.1 Å². The van der Waals surface area contributed by atoms with Crippen molar-refractivity contribution >= 4 is 17.5 Å². The van der Waals surface area contributed by atoms with E-state index >= 15 is 0 Å². The molecular weight excluding hydrogens is 336 g/mol. The van der Waals surface area contributed by atoms with Crippen LogP contribution in [0.25, 0.3) is 0 Å². The van der Waals surface area contributed by atoms with Crippen LogP contribution in [0.4, 0.5) is 0 Å². The molecule has 0 atom stereocenters. The zero-order valence-corrected chi connectivity index (χ0v) is 14.7. The minimum Gasteiger partial charge on any atom is -0.494 e. The van der Waals surface area contributed by atoms with E-state index in [1.807, 2.05) is 37.3 Å². The van der Waals surface area contributed by atoms with Crippen molar-refractivity contribution in [3.8, 4) is 5.75 Å². The molecule has 0 unspecified atom stereocenters. The molecule has 1 aromatic heterocycles. The third-order valence-electron chi connectivity index (χ3n) is 3.46. The van der Waals surface area contributed by atoms with Crippen LogP contribution in [0.1, 0.15) is 28.7 Å². The van der Waals surface area contributed by atoms with Crippen molar-refractivity contribution in [3.63, 3.8) is 0 Å². The number of ether oxygens (including phenoxy) is 1. The molecule has 6 heteroatoms. The Bertz CT molecular complexity index is 816. The molecule has 0 spiro atoms. The maximum absolute atomic E-state index is 12.2. The number of aromatic nitrogens is 2. The molecule has 0 bridgehead atoms. The Labute approximate surface area is 150 Å². The summed E-state index contributed by atoms with van der Waals surface area (Å²) >= 11 is 1.25. The Kier molecular flexibility index (Phi) is 5.85. The fourth-order valence-electron chi connectivity index (χ4n) is 2.25. The highest BCUT2D eigenvalue weighted by Crippen LogP contribution is 2.20. The van der Waals surface area contributed by atoms with Crippen molar-refractivity contribution in [3.05, 3.63) is 71.6 Å². The maximum Gasteiger partial charge on any atom is 0.277 e. The molecule has 1 heterocycles. The van der Waals surface area contributed by atoms with Crippen molar-refractivity contribution in [1.29, 1.82) is 0 Å². The van der Waals surface area contributed by atoms with Gasteiger partial charge >= 0.3 is 0 Å². The lowest BCUT2D eigenvalue weighted by Gasteiger charge is -2.03. The molecule has 3 rings (SSSR count). The van der Waals surface area contributed by atoms with Crippen molar-refractivity contribution in [2.24, 2.45) is 0 Å². The molecule has 0 N–H and O–H groups in total. The number of benzene rings is 2. The number of ketones is 1. The summed E-state index contributed by atoms with van der Waals surface area (Å²) in [6.07, 6.45) is 0.585. The Morgan fingerprint density at radius 1 is 1.08 bits per heavy atom. The van der Waals surface area contributed by atoms with Crippen LogP contribution >= 0.6 is 11.8 Å². The molecule has 0 radical (unpaired) electrons. The van der Waals surface area contributed by atoms with Crippen molar-refractivity contribution < 1.29 is 13.9 Å². The van der Waals surface area contributed by atoms with E-state index < -0.39 is 0 Å². The molecular formula is C19H18N2O3S. The monoisotopic (exact) mass is 354 g/mol. The molecule has 0 aliphatic carbocycles. The van der Waals surface area contributed by atoms with Gasteiger partial charge in [-0.15, -0.1) is 10.2 Å². The van der Waals surface area contributed by atoms with E-state index in [2.05, 4.69) is 10.2 Å². The summed E-state index contributed by atoms with van der Waals surface area (Å²) in [6, 6.07) is 17.0. The predicted octanol–water partition coefficient (Wildman–Crippen LogP) is 4.03. The van der Waals surface area contributed by atoms with Gasteiger partial charge in [-0.3, -0.25) is 4.79 Å². The number of carbonyl (C=O) groups is 1. The van der Waals surface area contributed by atoms with E-state index in [-0.39, 0.29) is 11.5 Å². The largest absolute Gasteiger partial charge is 0.494 e. The molecule has 0 saturated heterocycles. The van der Waals surface area contributed by atoms with E-state index in [4.69, 9.17) is 9.15 Å². The normalized spacial score (nSPS) is 10.6. The van der Waals surface area contributed by atoms with Gasteiger partial charge < -0.3 is 9.15 Å². The van der Waals surface area contributed by atoms with Crippen LogP contribution in [0.5, 0.6) is 5.75 Å². The summed E-state index contributed by atoms with van der Waals surface area (Å²) in [5, 5.41) is 8.43. The van der Waals surface area contributed by atoms with Gasteiger partial charge in [0, 0.05) is 5.56 Å². The maximum atomic E-state index is 12.2. The predicted molar refractivity (Wildman–Crippen MR) is 96.2 cm³/mol. The third kappa shape index (κ3) is 4.93. The molecule has 3 aromatic rings. The molecule has 0 saturated carbocycles. The van der Waals surface area contributed by atoms with Gasteiger partial charge in [0.2, 0.25) is 5.89 Å². The summed E-state index contributed by atoms with van der Waals surface area (Å²) in [5.41, 5.74) is 1.74. The highest BCUT2D eigenvalue weighted by atomic mass is 32.2.